The molecular formula is C22H20N2O2. The largest absolute Gasteiger partial charge is 0.494 e. The van der Waals surface area contributed by atoms with Gasteiger partial charge in [-0.3, -0.25) is 9.36 Å². The number of aromatic nitrogens is 1. The Hall–Kier alpha value is -3.14. The fraction of sp³-hybridized carbons (Fsp3) is 0.182. The van der Waals surface area contributed by atoms with Crippen molar-refractivity contribution in [2.24, 2.45) is 4.99 Å². The van der Waals surface area contributed by atoms with Gasteiger partial charge in [0, 0.05) is 17.4 Å². The van der Waals surface area contributed by atoms with E-state index in [2.05, 4.69) is 25.8 Å². The maximum atomic E-state index is 12.4. The van der Waals surface area contributed by atoms with Crippen molar-refractivity contribution in [3.8, 4) is 11.6 Å². The second-order valence-corrected chi connectivity index (χ2v) is 7.54. The van der Waals surface area contributed by atoms with E-state index in [0.717, 1.165) is 11.3 Å². The monoisotopic (exact) mass is 344 g/mol. The molecule has 0 bridgehead atoms. The first-order chi connectivity index (χ1) is 12.4. The number of fused-ring (bicyclic) bond motifs is 1. The Bertz CT molecular complexity index is 1020. The SMILES string of the molecule is CC(C)(C)c1ccc(C2=NC(=O)c3cn(-c4ccccc4)c(O)c32)cc1. The number of amides is 1. The average Bonchev–Trinajstić information content (AvgIpc) is 3.13. The van der Waals surface area contributed by atoms with Crippen LogP contribution in [0.3, 0.4) is 0 Å². The van der Waals surface area contributed by atoms with E-state index in [9.17, 15) is 9.90 Å². The molecular weight excluding hydrogens is 324 g/mol. The van der Waals surface area contributed by atoms with Crippen molar-refractivity contribution >= 4 is 11.6 Å². The van der Waals surface area contributed by atoms with Crippen LogP contribution in [0.2, 0.25) is 0 Å². The first kappa shape index (κ1) is 16.3. The van der Waals surface area contributed by atoms with Crippen LogP contribution in [0, 0.1) is 0 Å². The zero-order valence-corrected chi connectivity index (χ0v) is 15.0. The van der Waals surface area contributed by atoms with Crippen molar-refractivity contribution in [2.75, 3.05) is 0 Å². The van der Waals surface area contributed by atoms with E-state index < -0.39 is 0 Å². The molecule has 4 rings (SSSR count). The zero-order chi connectivity index (χ0) is 18.5. The van der Waals surface area contributed by atoms with E-state index in [0.29, 0.717) is 16.8 Å². The van der Waals surface area contributed by atoms with Gasteiger partial charge in [-0.1, -0.05) is 63.2 Å². The summed E-state index contributed by atoms with van der Waals surface area (Å²) in [7, 11) is 0. The Kier molecular flexibility index (Phi) is 3.58. The molecule has 0 unspecified atom stereocenters. The lowest BCUT2D eigenvalue weighted by molar-refractivity contribution is 0.101. The Morgan fingerprint density at radius 3 is 2.23 bits per heavy atom. The first-order valence-corrected chi connectivity index (χ1v) is 8.60. The molecule has 0 aliphatic carbocycles. The number of hydrogen-bond donors (Lipinski definition) is 1. The number of para-hydroxylation sites is 1. The minimum Gasteiger partial charge on any atom is -0.494 e. The molecule has 1 aliphatic heterocycles. The molecule has 130 valence electrons. The van der Waals surface area contributed by atoms with E-state index in [1.807, 2.05) is 54.6 Å². The molecule has 1 aromatic heterocycles. The lowest BCUT2D eigenvalue weighted by Crippen LogP contribution is -2.11. The van der Waals surface area contributed by atoms with Gasteiger partial charge in [0.25, 0.3) is 5.91 Å². The van der Waals surface area contributed by atoms with E-state index in [1.165, 1.54) is 5.56 Å². The second-order valence-electron chi connectivity index (χ2n) is 7.54. The third-order valence-corrected chi connectivity index (χ3v) is 4.72. The fourth-order valence-electron chi connectivity index (χ4n) is 3.23. The number of rotatable bonds is 2. The summed E-state index contributed by atoms with van der Waals surface area (Å²) in [5.41, 5.74) is 4.34. The van der Waals surface area contributed by atoms with Crippen LogP contribution in [0.1, 0.15) is 47.8 Å². The number of benzene rings is 2. The van der Waals surface area contributed by atoms with Gasteiger partial charge in [0.15, 0.2) is 0 Å². The van der Waals surface area contributed by atoms with E-state index in [-0.39, 0.29) is 17.2 Å². The number of aliphatic imine (C=N–C) groups is 1. The van der Waals surface area contributed by atoms with Crippen LogP contribution >= 0.6 is 0 Å². The molecule has 0 fully saturated rings. The van der Waals surface area contributed by atoms with E-state index in [4.69, 9.17) is 0 Å². The Morgan fingerprint density at radius 1 is 0.962 bits per heavy atom. The Labute approximate surface area is 152 Å². The standard InChI is InChI=1S/C22H20N2O2/c1-22(2,3)15-11-9-14(10-12-15)19-18-17(20(25)23-19)13-24(21(18)26)16-7-5-4-6-8-16/h4-13,26H,1-3H3. The Morgan fingerprint density at radius 2 is 1.62 bits per heavy atom. The van der Waals surface area contributed by atoms with Crippen LogP contribution in [0.4, 0.5) is 0 Å². The topological polar surface area (TPSA) is 54.6 Å². The molecule has 0 saturated carbocycles. The third kappa shape index (κ3) is 2.54. The van der Waals surface area contributed by atoms with Crippen LogP contribution < -0.4 is 0 Å². The van der Waals surface area contributed by atoms with Crippen molar-refractivity contribution in [3.05, 3.63) is 83.0 Å². The highest BCUT2D eigenvalue weighted by molar-refractivity contribution is 6.28. The maximum absolute atomic E-state index is 12.4. The lowest BCUT2D eigenvalue weighted by atomic mass is 9.86. The molecule has 2 aromatic carbocycles. The average molecular weight is 344 g/mol. The minimum atomic E-state index is -0.320. The highest BCUT2D eigenvalue weighted by atomic mass is 16.3. The van der Waals surface area contributed by atoms with Crippen molar-refractivity contribution in [2.45, 2.75) is 26.2 Å². The lowest BCUT2D eigenvalue weighted by Gasteiger charge is -2.19. The number of aromatic hydroxyl groups is 1. The van der Waals surface area contributed by atoms with Gasteiger partial charge in [-0.05, 0) is 23.1 Å². The van der Waals surface area contributed by atoms with Gasteiger partial charge in [-0.25, -0.2) is 4.99 Å². The van der Waals surface area contributed by atoms with Gasteiger partial charge in [0.2, 0.25) is 5.88 Å². The summed E-state index contributed by atoms with van der Waals surface area (Å²) in [6, 6.07) is 17.5. The third-order valence-electron chi connectivity index (χ3n) is 4.72. The van der Waals surface area contributed by atoms with Gasteiger partial charge >= 0.3 is 0 Å². The summed E-state index contributed by atoms with van der Waals surface area (Å²) < 4.78 is 1.63. The van der Waals surface area contributed by atoms with Crippen LogP contribution in [0.25, 0.3) is 5.69 Å². The maximum Gasteiger partial charge on any atom is 0.279 e. The second kappa shape index (κ2) is 5.70. The van der Waals surface area contributed by atoms with Crippen molar-refractivity contribution in [3.63, 3.8) is 0 Å². The van der Waals surface area contributed by atoms with Crippen molar-refractivity contribution in [1.29, 1.82) is 0 Å². The van der Waals surface area contributed by atoms with Crippen molar-refractivity contribution < 1.29 is 9.90 Å². The molecule has 0 radical (unpaired) electrons. The molecule has 1 aliphatic rings. The molecule has 26 heavy (non-hydrogen) atoms. The Balaban J connectivity index is 1.80. The number of nitrogens with zero attached hydrogens (tertiary/aromatic N) is 2. The molecule has 4 heteroatoms. The summed E-state index contributed by atoms with van der Waals surface area (Å²) in [6.45, 7) is 6.47. The van der Waals surface area contributed by atoms with Gasteiger partial charge in [0.1, 0.15) is 0 Å². The van der Waals surface area contributed by atoms with Gasteiger partial charge in [-0.15, -0.1) is 0 Å². The smallest absolute Gasteiger partial charge is 0.279 e. The number of carbonyl (C=O) groups excluding carboxylic acids is 1. The van der Waals surface area contributed by atoms with E-state index >= 15 is 0 Å². The normalized spacial score (nSPS) is 13.7. The summed E-state index contributed by atoms with van der Waals surface area (Å²) in [5.74, 6) is -0.282. The predicted octanol–water partition coefficient (Wildman–Crippen LogP) is 4.47. The first-order valence-electron chi connectivity index (χ1n) is 8.60. The molecule has 1 amide bonds. The number of hydrogen-bond acceptors (Lipinski definition) is 2. The van der Waals surface area contributed by atoms with Crippen LogP contribution in [0.15, 0.2) is 65.8 Å². The van der Waals surface area contributed by atoms with Gasteiger partial charge < -0.3 is 5.11 Å². The summed E-state index contributed by atoms with van der Waals surface area (Å²) in [6.07, 6.45) is 1.66. The minimum absolute atomic E-state index is 0.0377. The summed E-state index contributed by atoms with van der Waals surface area (Å²) >= 11 is 0. The van der Waals surface area contributed by atoms with Crippen LogP contribution in [-0.2, 0) is 5.41 Å². The molecule has 1 N–H and O–H groups in total. The molecule has 2 heterocycles. The summed E-state index contributed by atoms with van der Waals surface area (Å²) in [5, 5.41) is 10.8. The van der Waals surface area contributed by atoms with Crippen molar-refractivity contribution in [1.82, 2.24) is 4.57 Å². The van der Waals surface area contributed by atoms with E-state index in [1.54, 1.807) is 10.8 Å². The van der Waals surface area contributed by atoms with Gasteiger partial charge in [0.05, 0.1) is 16.8 Å². The predicted molar refractivity (Wildman–Crippen MR) is 103 cm³/mol. The molecule has 0 spiro atoms. The zero-order valence-electron chi connectivity index (χ0n) is 15.0. The number of carbonyl (C=O) groups is 1. The van der Waals surface area contributed by atoms with Crippen LogP contribution in [0.5, 0.6) is 5.88 Å². The molecule has 4 nitrogen and oxygen atoms in total. The molecule has 0 atom stereocenters. The highest BCUT2D eigenvalue weighted by Gasteiger charge is 2.31. The molecule has 3 aromatic rings. The van der Waals surface area contributed by atoms with Crippen LogP contribution in [-0.4, -0.2) is 21.3 Å². The highest BCUT2D eigenvalue weighted by Crippen LogP contribution is 2.35. The fourth-order valence-corrected chi connectivity index (χ4v) is 3.23. The summed E-state index contributed by atoms with van der Waals surface area (Å²) in [4.78, 5) is 16.5. The quantitative estimate of drug-likeness (QED) is 0.745. The van der Waals surface area contributed by atoms with Gasteiger partial charge in [-0.2, -0.15) is 0 Å². The molecule has 0 saturated heterocycles.